The van der Waals surface area contributed by atoms with E-state index in [1.165, 1.54) is 5.56 Å². The van der Waals surface area contributed by atoms with E-state index in [4.69, 9.17) is 14.2 Å². The highest BCUT2D eigenvalue weighted by atomic mass is 16.6. The molecule has 2 aromatic rings. The molecule has 0 amide bonds. The quantitative estimate of drug-likeness (QED) is 0.808. The van der Waals surface area contributed by atoms with Crippen molar-refractivity contribution < 1.29 is 19.0 Å². The van der Waals surface area contributed by atoms with E-state index in [1.807, 2.05) is 30.3 Å². The standard InChI is InChI=1S/C19H20O4/c1-13(2)15-9-7-14(8-10-15)11-22-19(20)18-12-21-16-5-3-4-6-17(16)23-18/h3-10,13,18H,11-12H2,1-2H3/t18-/m0/s1. The molecule has 0 aliphatic carbocycles. The number of esters is 1. The van der Waals surface area contributed by atoms with Crippen molar-refractivity contribution in [2.24, 2.45) is 0 Å². The molecule has 1 heterocycles. The van der Waals surface area contributed by atoms with Gasteiger partial charge < -0.3 is 14.2 Å². The summed E-state index contributed by atoms with van der Waals surface area (Å²) >= 11 is 0. The molecule has 120 valence electrons. The molecular formula is C19H20O4. The number of rotatable bonds is 4. The molecule has 3 rings (SSSR count). The maximum atomic E-state index is 12.1. The first-order chi connectivity index (χ1) is 11.1. The summed E-state index contributed by atoms with van der Waals surface area (Å²) < 4.78 is 16.5. The van der Waals surface area contributed by atoms with Gasteiger partial charge in [-0.2, -0.15) is 0 Å². The Bertz CT molecular complexity index is 676. The lowest BCUT2D eigenvalue weighted by Gasteiger charge is -2.24. The predicted molar refractivity (Wildman–Crippen MR) is 86.7 cm³/mol. The van der Waals surface area contributed by atoms with Gasteiger partial charge in [-0.3, -0.25) is 0 Å². The van der Waals surface area contributed by atoms with Gasteiger partial charge in [0.25, 0.3) is 0 Å². The second kappa shape index (κ2) is 6.73. The summed E-state index contributed by atoms with van der Waals surface area (Å²) in [5.74, 6) is 1.30. The number of carbonyl (C=O) groups is 1. The zero-order valence-electron chi connectivity index (χ0n) is 13.3. The van der Waals surface area contributed by atoms with Gasteiger partial charge in [0.2, 0.25) is 6.10 Å². The highest BCUT2D eigenvalue weighted by molar-refractivity contribution is 5.76. The fourth-order valence-corrected chi connectivity index (χ4v) is 2.38. The lowest BCUT2D eigenvalue weighted by molar-refractivity contribution is -0.155. The number of hydrogen-bond acceptors (Lipinski definition) is 4. The number of carbonyl (C=O) groups excluding carboxylic acids is 1. The lowest BCUT2D eigenvalue weighted by Crippen LogP contribution is -2.37. The first-order valence-electron chi connectivity index (χ1n) is 7.77. The van der Waals surface area contributed by atoms with E-state index in [-0.39, 0.29) is 13.2 Å². The van der Waals surface area contributed by atoms with Gasteiger partial charge in [-0.25, -0.2) is 4.79 Å². The minimum Gasteiger partial charge on any atom is -0.485 e. The van der Waals surface area contributed by atoms with Crippen LogP contribution in [0, 0.1) is 0 Å². The van der Waals surface area contributed by atoms with Crippen LogP contribution >= 0.6 is 0 Å². The van der Waals surface area contributed by atoms with Crippen LogP contribution in [0.3, 0.4) is 0 Å². The molecule has 0 aromatic heterocycles. The molecule has 0 saturated carbocycles. The molecular weight excluding hydrogens is 292 g/mol. The Morgan fingerprint density at radius 1 is 1.13 bits per heavy atom. The van der Waals surface area contributed by atoms with Crippen LogP contribution in [0.2, 0.25) is 0 Å². The summed E-state index contributed by atoms with van der Waals surface area (Å²) in [6.45, 7) is 4.70. The normalized spacial score (nSPS) is 16.2. The molecule has 1 aliphatic heterocycles. The molecule has 0 spiro atoms. The first-order valence-corrected chi connectivity index (χ1v) is 7.77. The van der Waals surface area contributed by atoms with Crippen molar-refractivity contribution in [2.45, 2.75) is 32.5 Å². The van der Waals surface area contributed by atoms with Gasteiger partial charge in [-0.1, -0.05) is 50.2 Å². The lowest BCUT2D eigenvalue weighted by atomic mass is 10.0. The third-order valence-corrected chi connectivity index (χ3v) is 3.80. The van der Waals surface area contributed by atoms with Crippen LogP contribution < -0.4 is 9.47 Å². The fourth-order valence-electron chi connectivity index (χ4n) is 2.38. The van der Waals surface area contributed by atoms with Gasteiger partial charge in [-0.15, -0.1) is 0 Å². The minimum absolute atomic E-state index is 0.169. The van der Waals surface area contributed by atoms with Crippen LogP contribution in [0.4, 0.5) is 0 Å². The van der Waals surface area contributed by atoms with Crippen LogP contribution in [-0.4, -0.2) is 18.7 Å². The number of hydrogen-bond donors (Lipinski definition) is 0. The molecule has 4 heteroatoms. The Balaban J connectivity index is 1.56. The summed E-state index contributed by atoms with van der Waals surface area (Å²) in [5.41, 5.74) is 2.22. The topological polar surface area (TPSA) is 44.8 Å². The zero-order valence-corrected chi connectivity index (χ0v) is 13.3. The Kier molecular flexibility index (Phi) is 4.51. The maximum Gasteiger partial charge on any atom is 0.351 e. The average molecular weight is 312 g/mol. The summed E-state index contributed by atoms with van der Waals surface area (Å²) in [5, 5.41) is 0. The van der Waals surface area contributed by atoms with Crippen molar-refractivity contribution in [2.75, 3.05) is 6.61 Å². The molecule has 23 heavy (non-hydrogen) atoms. The number of benzene rings is 2. The van der Waals surface area contributed by atoms with Crippen LogP contribution in [0.1, 0.15) is 30.9 Å². The molecule has 0 radical (unpaired) electrons. The van der Waals surface area contributed by atoms with E-state index < -0.39 is 12.1 Å². The van der Waals surface area contributed by atoms with Crippen molar-refractivity contribution in [3.8, 4) is 11.5 Å². The molecule has 1 atom stereocenters. The molecule has 2 aromatic carbocycles. The third kappa shape index (κ3) is 3.65. The molecule has 4 nitrogen and oxygen atoms in total. The van der Waals surface area contributed by atoms with Gasteiger partial charge in [0.15, 0.2) is 11.5 Å². The zero-order chi connectivity index (χ0) is 16.2. The first kappa shape index (κ1) is 15.4. The highest BCUT2D eigenvalue weighted by Crippen LogP contribution is 2.31. The largest absolute Gasteiger partial charge is 0.485 e. The molecule has 0 fully saturated rings. The summed E-state index contributed by atoms with van der Waals surface area (Å²) in [7, 11) is 0. The second-order valence-corrected chi connectivity index (χ2v) is 5.87. The van der Waals surface area contributed by atoms with Crippen LogP contribution in [0.15, 0.2) is 48.5 Å². The molecule has 0 unspecified atom stereocenters. The van der Waals surface area contributed by atoms with Gasteiger partial charge in [-0.05, 0) is 29.2 Å². The SMILES string of the molecule is CC(C)c1ccc(COC(=O)[C@@H]2COc3ccccc3O2)cc1. The van der Waals surface area contributed by atoms with Gasteiger partial charge in [0.1, 0.15) is 13.2 Å². The van der Waals surface area contributed by atoms with Crippen LogP contribution in [0.5, 0.6) is 11.5 Å². The Morgan fingerprint density at radius 2 is 1.83 bits per heavy atom. The Morgan fingerprint density at radius 3 is 2.52 bits per heavy atom. The Hall–Kier alpha value is -2.49. The van der Waals surface area contributed by atoms with E-state index in [0.29, 0.717) is 17.4 Å². The number of para-hydroxylation sites is 2. The maximum absolute atomic E-state index is 12.1. The molecule has 0 saturated heterocycles. The smallest absolute Gasteiger partial charge is 0.351 e. The monoisotopic (exact) mass is 312 g/mol. The van der Waals surface area contributed by atoms with Crippen LogP contribution in [0.25, 0.3) is 0 Å². The van der Waals surface area contributed by atoms with Crippen molar-refractivity contribution in [1.29, 1.82) is 0 Å². The van der Waals surface area contributed by atoms with E-state index >= 15 is 0 Å². The summed E-state index contributed by atoms with van der Waals surface area (Å²) in [4.78, 5) is 12.1. The van der Waals surface area contributed by atoms with Gasteiger partial charge in [0, 0.05) is 0 Å². The van der Waals surface area contributed by atoms with E-state index in [1.54, 1.807) is 6.07 Å². The van der Waals surface area contributed by atoms with E-state index in [2.05, 4.69) is 26.0 Å². The van der Waals surface area contributed by atoms with E-state index in [9.17, 15) is 4.79 Å². The molecule has 0 N–H and O–H groups in total. The highest BCUT2D eigenvalue weighted by Gasteiger charge is 2.28. The predicted octanol–water partition coefficient (Wildman–Crippen LogP) is 3.69. The van der Waals surface area contributed by atoms with E-state index in [0.717, 1.165) is 5.56 Å². The Labute approximate surface area is 136 Å². The van der Waals surface area contributed by atoms with Crippen LogP contribution in [-0.2, 0) is 16.1 Å². The van der Waals surface area contributed by atoms with Crippen molar-refractivity contribution in [3.63, 3.8) is 0 Å². The van der Waals surface area contributed by atoms with Crippen molar-refractivity contribution in [1.82, 2.24) is 0 Å². The minimum atomic E-state index is -0.722. The number of fused-ring (bicyclic) bond motifs is 1. The second-order valence-electron chi connectivity index (χ2n) is 5.87. The fraction of sp³-hybridized carbons (Fsp3) is 0.316. The van der Waals surface area contributed by atoms with Crippen molar-refractivity contribution in [3.05, 3.63) is 59.7 Å². The number of ether oxygens (including phenoxy) is 3. The molecule has 0 bridgehead atoms. The summed E-state index contributed by atoms with van der Waals surface area (Å²) in [6, 6.07) is 15.4. The molecule has 1 aliphatic rings. The van der Waals surface area contributed by atoms with Crippen molar-refractivity contribution >= 4 is 5.97 Å². The summed E-state index contributed by atoms with van der Waals surface area (Å²) in [6.07, 6.45) is -0.722. The third-order valence-electron chi connectivity index (χ3n) is 3.80. The average Bonchev–Trinajstić information content (AvgIpc) is 2.59. The van der Waals surface area contributed by atoms with Gasteiger partial charge >= 0.3 is 5.97 Å². The van der Waals surface area contributed by atoms with Gasteiger partial charge in [0.05, 0.1) is 0 Å².